The third kappa shape index (κ3) is 3.44. The Morgan fingerprint density at radius 2 is 2.00 bits per heavy atom. The van der Waals surface area contributed by atoms with Gasteiger partial charge in [0.1, 0.15) is 23.2 Å². The molecule has 0 aliphatic rings. The summed E-state index contributed by atoms with van der Waals surface area (Å²) < 4.78 is 10.8. The largest absolute Gasteiger partial charge is 0.496 e. The number of fused-ring (bicyclic) bond motifs is 1. The molecule has 2 aromatic carbocycles. The average molecular weight is 372 g/mol. The summed E-state index contributed by atoms with van der Waals surface area (Å²) in [6.45, 7) is 2.53. The Morgan fingerprint density at radius 3 is 2.73 bits per heavy atom. The van der Waals surface area contributed by atoms with Crippen LogP contribution in [-0.2, 0) is 6.54 Å². The van der Waals surface area contributed by atoms with E-state index in [9.17, 15) is 9.59 Å². The third-order valence-electron chi connectivity index (χ3n) is 4.18. The molecule has 134 valence electrons. The quantitative estimate of drug-likeness (QED) is 0.677. The lowest BCUT2D eigenvalue weighted by Crippen LogP contribution is -2.33. The van der Waals surface area contributed by atoms with Gasteiger partial charge in [-0.25, -0.2) is 0 Å². The third-order valence-corrected chi connectivity index (χ3v) is 4.42. The van der Waals surface area contributed by atoms with Gasteiger partial charge in [-0.05, 0) is 37.3 Å². The molecule has 0 aliphatic heterocycles. The van der Waals surface area contributed by atoms with Crippen molar-refractivity contribution < 1.29 is 13.9 Å². The summed E-state index contributed by atoms with van der Waals surface area (Å²) >= 11 is 6.06. The van der Waals surface area contributed by atoms with Crippen LogP contribution in [-0.4, -0.2) is 24.5 Å². The topological polar surface area (TPSA) is 59.8 Å². The zero-order valence-corrected chi connectivity index (χ0v) is 15.2. The Hall–Kier alpha value is -2.79. The fourth-order valence-corrected chi connectivity index (χ4v) is 2.99. The van der Waals surface area contributed by atoms with Crippen LogP contribution in [0.15, 0.2) is 57.9 Å². The lowest BCUT2D eigenvalue weighted by Gasteiger charge is -2.22. The Balaban J connectivity index is 1.96. The molecule has 0 spiro atoms. The second kappa shape index (κ2) is 7.62. The number of amides is 1. The molecule has 0 aliphatic carbocycles. The van der Waals surface area contributed by atoms with Crippen LogP contribution in [0, 0.1) is 0 Å². The van der Waals surface area contributed by atoms with E-state index in [0.717, 1.165) is 5.56 Å². The summed E-state index contributed by atoms with van der Waals surface area (Å²) in [6, 6.07) is 12.1. The van der Waals surface area contributed by atoms with E-state index in [1.54, 1.807) is 54.5 Å². The first kappa shape index (κ1) is 18.0. The number of methoxy groups -OCH3 is 1. The van der Waals surface area contributed by atoms with Crippen molar-refractivity contribution in [2.45, 2.75) is 13.5 Å². The molecule has 5 nitrogen and oxygen atoms in total. The van der Waals surface area contributed by atoms with Crippen LogP contribution in [0.1, 0.15) is 22.8 Å². The molecule has 0 saturated carbocycles. The molecule has 1 aromatic heterocycles. The standard InChI is InChI=1S/C20H18ClNO4/c1-3-22(11-13-10-14(21)8-9-17(13)25-2)20(24)16-12-26-18-7-5-4-6-15(18)19(16)23/h4-10,12H,3,11H2,1-2H3. The number of benzene rings is 2. The maximum atomic E-state index is 12.9. The van der Waals surface area contributed by atoms with Gasteiger partial charge >= 0.3 is 0 Å². The molecule has 0 saturated heterocycles. The van der Waals surface area contributed by atoms with Crippen molar-refractivity contribution in [2.75, 3.05) is 13.7 Å². The molecule has 3 aromatic rings. The van der Waals surface area contributed by atoms with Gasteiger partial charge in [0, 0.05) is 23.7 Å². The molecule has 1 amide bonds. The van der Waals surface area contributed by atoms with Crippen LogP contribution in [0.5, 0.6) is 5.75 Å². The first-order valence-electron chi connectivity index (χ1n) is 8.17. The summed E-state index contributed by atoms with van der Waals surface area (Å²) in [5.41, 5.74) is 0.883. The fraction of sp³-hybridized carbons (Fsp3) is 0.200. The zero-order valence-electron chi connectivity index (χ0n) is 14.5. The van der Waals surface area contributed by atoms with Gasteiger partial charge in [-0.15, -0.1) is 0 Å². The Kier molecular flexibility index (Phi) is 5.28. The predicted octanol–water partition coefficient (Wildman–Crippen LogP) is 4.12. The number of hydrogen-bond donors (Lipinski definition) is 0. The van der Waals surface area contributed by atoms with Gasteiger partial charge in [0.25, 0.3) is 5.91 Å². The Bertz CT molecular complexity index is 1010. The van der Waals surface area contributed by atoms with E-state index in [2.05, 4.69) is 0 Å². The molecular weight excluding hydrogens is 354 g/mol. The second-order valence-electron chi connectivity index (χ2n) is 5.75. The van der Waals surface area contributed by atoms with Crippen molar-refractivity contribution in [3.63, 3.8) is 0 Å². The number of rotatable bonds is 5. The van der Waals surface area contributed by atoms with Crippen molar-refractivity contribution in [3.05, 3.63) is 75.1 Å². The fourth-order valence-electron chi connectivity index (χ4n) is 2.80. The van der Waals surface area contributed by atoms with Crippen LogP contribution in [0.25, 0.3) is 11.0 Å². The van der Waals surface area contributed by atoms with Gasteiger partial charge in [-0.3, -0.25) is 9.59 Å². The van der Waals surface area contributed by atoms with Gasteiger partial charge in [-0.1, -0.05) is 23.7 Å². The normalized spacial score (nSPS) is 10.7. The first-order valence-corrected chi connectivity index (χ1v) is 8.55. The van der Waals surface area contributed by atoms with Crippen LogP contribution < -0.4 is 10.2 Å². The molecule has 0 fully saturated rings. The molecule has 0 unspecified atom stereocenters. The minimum atomic E-state index is -0.394. The van der Waals surface area contributed by atoms with Gasteiger partial charge in [0.05, 0.1) is 12.5 Å². The lowest BCUT2D eigenvalue weighted by atomic mass is 10.1. The highest BCUT2D eigenvalue weighted by molar-refractivity contribution is 6.30. The van der Waals surface area contributed by atoms with Crippen molar-refractivity contribution in [3.8, 4) is 5.75 Å². The second-order valence-corrected chi connectivity index (χ2v) is 6.19. The number of carbonyl (C=O) groups excluding carboxylic acids is 1. The first-order chi connectivity index (χ1) is 12.5. The van der Waals surface area contributed by atoms with E-state index in [1.165, 1.54) is 6.26 Å². The number of para-hydroxylation sites is 1. The van der Waals surface area contributed by atoms with Crippen LogP contribution >= 0.6 is 11.6 Å². The van der Waals surface area contributed by atoms with Crippen LogP contribution in [0.3, 0.4) is 0 Å². The van der Waals surface area contributed by atoms with E-state index >= 15 is 0 Å². The van der Waals surface area contributed by atoms with E-state index in [-0.39, 0.29) is 17.5 Å². The number of carbonyl (C=O) groups is 1. The van der Waals surface area contributed by atoms with E-state index < -0.39 is 5.91 Å². The minimum Gasteiger partial charge on any atom is -0.496 e. The molecule has 6 heteroatoms. The average Bonchev–Trinajstić information content (AvgIpc) is 2.66. The molecular formula is C20H18ClNO4. The predicted molar refractivity (Wildman–Crippen MR) is 101 cm³/mol. The van der Waals surface area contributed by atoms with E-state index in [1.807, 2.05) is 6.92 Å². The molecule has 26 heavy (non-hydrogen) atoms. The highest BCUT2D eigenvalue weighted by Gasteiger charge is 2.21. The maximum absolute atomic E-state index is 12.9. The molecule has 0 N–H and O–H groups in total. The summed E-state index contributed by atoms with van der Waals surface area (Å²) in [7, 11) is 1.56. The van der Waals surface area contributed by atoms with Gasteiger partial charge < -0.3 is 14.1 Å². The van der Waals surface area contributed by atoms with Gasteiger partial charge in [0.2, 0.25) is 5.43 Å². The van der Waals surface area contributed by atoms with Crippen LogP contribution in [0.4, 0.5) is 0 Å². The maximum Gasteiger partial charge on any atom is 0.261 e. The number of hydrogen-bond acceptors (Lipinski definition) is 4. The summed E-state index contributed by atoms with van der Waals surface area (Å²) in [5.74, 6) is 0.236. The summed E-state index contributed by atoms with van der Waals surface area (Å²) in [6.07, 6.45) is 1.23. The van der Waals surface area contributed by atoms with Crippen molar-refractivity contribution in [1.29, 1.82) is 0 Å². The molecule has 3 rings (SSSR count). The van der Waals surface area contributed by atoms with E-state index in [0.29, 0.717) is 28.3 Å². The SMILES string of the molecule is CCN(Cc1cc(Cl)ccc1OC)C(=O)c1coc2ccccc2c1=O. The highest BCUT2D eigenvalue weighted by atomic mass is 35.5. The number of nitrogens with zero attached hydrogens (tertiary/aromatic N) is 1. The van der Waals surface area contributed by atoms with Crippen molar-refractivity contribution >= 4 is 28.5 Å². The highest BCUT2D eigenvalue weighted by Crippen LogP contribution is 2.24. The number of ether oxygens (including phenoxy) is 1. The van der Waals surface area contributed by atoms with Crippen LogP contribution in [0.2, 0.25) is 5.02 Å². The summed E-state index contributed by atoms with van der Waals surface area (Å²) in [5, 5.41) is 0.935. The van der Waals surface area contributed by atoms with Gasteiger partial charge in [0.15, 0.2) is 0 Å². The lowest BCUT2D eigenvalue weighted by molar-refractivity contribution is 0.0748. The van der Waals surface area contributed by atoms with Gasteiger partial charge in [-0.2, -0.15) is 0 Å². The van der Waals surface area contributed by atoms with Crippen molar-refractivity contribution in [1.82, 2.24) is 4.90 Å². The molecule has 0 atom stereocenters. The van der Waals surface area contributed by atoms with E-state index in [4.69, 9.17) is 20.8 Å². The smallest absolute Gasteiger partial charge is 0.261 e. The molecule has 0 radical (unpaired) electrons. The monoisotopic (exact) mass is 371 g/mol. The van der Waals surface area contributed by atoms with Crippen molar-refractivity contribution in [2.24, 2.45) is 0 Å². The minimum absolute atomic E-state index is 0.00606. The molecule has 1 heterocycles. The molecule has 0 bridgehead atoms. The number of halogens is 1. The zero-order chi connectivity index (χ0) is 18.7. The summed E-state index contributed by atoms with van der Waals surface area (Å²) in [4.78, 5) is 27.1. The Labute approximate surface area is 155 Å². The Morgan fingerprint density at radius 1 is 1.23 bits per heavy atom.